The number of hydrogen-bond acceptors (Lipinski definition) is 4. The summed E-state index contributed by atoms with van der Waals surface area (Å²) in [5, 5.41) is 3.50. The van der Waals surface area contributed by atoms with E-state index >= 15 is 0 Å². The molecule has 2 rings (SSSR count). The average molecular weight is 277 g/mol. The number of hydrogen-bond donors (Lipinski definition) is 2. The van der Waals surface area contributed by atoms with Crippen molar-refractivity contribution in [2.24, 2.45) is 0 Å². The van der Waals surface area contributed by atoms with Crippen LogP contribution in [0.15, 0.2) is 18.2 Å². The van der Waals surface area contributed by atoms with Gasteiger partial charge in [0.15, 0.2) is 0 Å². The molecular weight excluding hydrogens is 254 g/mol. The van der Waals surface area contributed by atoms with Crippen molar-refractivity contribution >= 4 is 17.5 Å². The van der Waals surface area contributed by atoms with E-state index < -0.39 is 0 Å². The first-order chi connectivity index (χ1) is 9.58. The van der Waals surface area contributed by atoms with Crippen molar-refractivity contribution in [3.63, 3.8) is 0 Å². The van der Waals surface area contributed by atoms with Crippen molar-refractivity contribution in [2.75, 3.05) is 30.7 Å². The van der Waals surface area contributed by atoms with Gasteiger partial charge in [-0.25, -0.2) is 4.79 Å². The Bertz CT molecular complexity index is 448. The van der Waals surface area contributed by atoms with Crippen LogP contribution in [0.5, 0.6) is 0 Å². The number of likely N-dealkylation sites (tertiary alicyclic amines) is 1. The highest BCUT2D eigenvalue weighted by Gasteiger charge is 2.23. The Morgan fingerprint density at radius 2 is 2.10 bits per heavy atom. The van der Waals surface area contributed by atoms with Gasteiger partial charge in [-0.15, -0.1) is 0 Å². The summed E-state index contributed by atoms with van der Waals surface area (Å²) >= 11 is 0. The lowest BCUT2D eigenvalue weighted by Gasteiger charge is -2.32. The Morgan fingerprint density at radius 1 is 1.40 bits per heavy atom. The van der Waals surface area contributed by atoms with Crippen LogP contribution in [0.1, 0.15) is 25.3 Å². The number of nitrogen functional groups attached to an aromatic ring is 1. The monoisotopic (exact) mass is 277 g/mol. The second-order valence-corrected chi connectivity index (χ2v) is 5.24. The molecule has 0 unspecified atom stereocenters. The fourth-order valence-corrected chi connectivity index (χ4v) is 2.55. The third-order valence-corrected chi connectivity index (χ3v) is 3.49. The third kappa shape index (κ3) is 3.79. The van der Waals surface area contributed by atoms with Crippen LogP contribution < -0.4 is 11.1 Å². The van der Waals surface area contributed by atoms with Gasteiger partial charge in [-0.1, -0.05) is 0 Å². The number of carbonyl (C=O) groups is 1. The van der Waals surface area contributed by atoms with Crippen molar-refractivity contribution in [2.45, 2.75) is 32.7 Å². The molecule has 110 valence electrons. The minimum atomic E-state index is -0.203. The third-order valence-electron chi connectivity index (χ3n) is 3.49. The fraction of sp³-hybridized carbons (Fsp3) is 0.533. The number of piperidine rings is 1. The van der Waals surface area contributed by atoms with E-state index in [0.717, 1.165) is 42.9 Å². The van der Waals surface area contributed by atoms with Crippen LogP contribution in [0.25, 0.3) is 0 Å². The smallest absolute Gasteiger partial charge is 0.409 e. The number of nitrogens with zero attached hydrogens (tertiary/aromatic N) is 1. The van der Waals surface area contributed by atoms with Gasteiger partial charge in [-0.3, -0.25) is 0 Å². The first-order valence-electron chi connectivity index (χ1n) is 7.14. The van der Waals surface area contributed by atoms with Gasteiger partial charge in [0.2, 0.25) is 0 Å². The van der Waals surface area contributed by atoms with Gasteiger partial charge in [0.05, 0.1) is 6.61 Å². The lowest BCUT2D eigenvalue weighted by Crippen LogP contribution is -2.42. The lowest BCUT2D eigenvalue weighted by atomic mass is 10.0. The molecule has 5 heteroatoms. The Labute approximate surface area is 120 Å². The number of rotatable bonds is 3. The van der Waals surface area contributed by atoms with Crippen LogP contribution in [-0.2, 0) is 4.74 Å². The zero-order chi connectivity index (χ0) is 14.5. The molecule has 1 aliphatic heterocycles. The van der Waals surface area contributed by atoms with Crippen LogP contribution in [0.2, 0.25) is 0 Å². The molecule has 0 atom stereocenters. The van der Waals surface area contributed by atoms with Crippen LogP contribution in [-0.4, -0.2) is 36.7 Å². The Kier molecular flexibility index (Phi) is 4.71. The van der Waals surface area contributed by atoms with Crippen molar-refractivity contribution in [1.29, 1.82) is 0 Å². The van der Waals surface area contributed by atoms with Gasteiger partial charge in [0.1, 0.15) is 0 Å². The van der Waals surface area contributed by atoms with E-state index in [9.17, 15) is 4.79 Å². The van der Waals surface area contributed by atoms with Crippen LogP contribution in [0.4, 0.5) is 16.2 Å². The maximum absolute atomic E-state index is 11.6. The van der Waals surface area contributed by atoms with Gasteiger partial charge in [0, 0.05) is 30.5 Å². The molecule has 3 N–H and O–H groups in total. The average Bonchev–Trinajstić information content (AvgIpc) is 2.38. The summed E-state index contributed by atoms with van der Waals surface area (Å²) in [6.07, 6.45) is 1.64. The van der Waals surface area contributed by atoms with Gasteiger partial charge in [-0.2, -0.15) is 0 Å². The zero-order valence-corrected chi connectivity index (χ0v) is 12.2. The van der Waals surface area contributed by atoms with E-state index in [2.05, 4.69) is 11.4 Å². The number of nitrogens with one attached hydrogen (secondary N) is 1. The number of nitrogens with two attached hydrogens (primary N) is 1. The molecule has 0 spiro atoms. The van der Waals surface area contributed by atoms with Crippen LogP contribution >= 0.6 is 0 Å². The van der Waals surface area contributed by atoms with Crippen molar-refractivity contribution in [1.82, 2.24) is 4.90 Å². The molecule has 0 aromatic heterocycles. The molecule has 1 saturated heterocycles. The lowest BCUT2D eigenvalue weighted by molar-refractivity contribution is 0.0983. The van der Waals surface area contributed by atoms with E-state index in [4.69, 9.17) is 10.5 Å². The van der Waals surface area contributed by atoms with E-state index in [-0.39, 0.29) is 6.09 Å². The highest BCUT2D eigenvalue weighted by molar-refractivity contribution is 5.67. The summed E-state index contributed by atoms with van der Waals surface area (Å²) in [4.78, 5) is 13.4. The van der Waals surface area contributed by atoms with E-state index in [1.54, 1.807) is 4.90 Å². The predicted octanol–water partition coefficient (Wildman–Crippen LogP) is 2.61. The molecule has 1 aromatic rings. The Balaban J connectivity index is 1.86. The summed E-state index contributed by atoms with van der Waals surface area (Å²) < 4.78 is 5.02. The highest BCUT2D eigenvalue weighted by atomic mass is 16.6. The molecule has 1 heterocycles. The van der Waals surface area contributed by atoms with Gasteiger partial charge < -0.3 is 20.7 Å². The number of ether oxygens (including phenoxy) is 1. The maximum Gasteiger partial charge on any atom is 0.409 e. The normalized spacial score (nSPS) is 16.0. The van der Waals surface area contributed by atoms with Crippen molar-refractivity contribution in [3.8, 4) is 0 Å². The van der Waals surface area contributed by atoms with Crippen LogP contribution in [0, 0.1) is 6.92 Å². The number of aryl methyl sites for hydroxylation is 1. The van der Waals surface area contributed by atoms with Gasteiger partial charge in [-0.05, 0) is 50.5 Å². The fourth-order valence-electron chi connectivity index (χ4n) is 2.55. The Hall–Kier alpha value is -1.91. The summed E-state index contributed by atoms with van der Waals surface area (Å²) in [5.74, 6) is 0. The molecule has 0 bridgehead atoms. The number of carbonyl (C=O) groups excluding carboxylic acids is 1. The summed E-state index contributed by atoms with van der Waals surface area (Å²) in [6.45, 7) is 5.76. The minimum absolute atomic E-state index is 0.203. The predicted molar refractivity (Wildman–Crippen MR) is 80.8 cm³/mol. The van der Waals surface area contributed by atoms with Crippen molar-refractivity contribution < 1.29 is 9.53 Å². The van der Waals surface area contributed by atoms with Gasteiger partial charge in [0.25, 0.3) is 0 Å². The Morgan fingerprint density at radius 3 is 2.70 bits per heavy atom. The molecule has 1 fully saturated rings. The molecule has 20 heavy (non-hydrogen) atoms. The minimum Gasteiger partial charge on any atom is -0.450 e. The maximum atomic E-state index is 11.6. The zero-order valence-electron chi connectivity index (χ0n) is 12.2. The van der Waals surface area contributed by atoms with E-state index in [1.165, 1.54) is 0 Å². The molecule has 1 aliphatic rings. The van der Waals surface area contributed by atoms with Crippen molar-refractivity contribution in [3.05, 3.63) is 23.8 Å². The standard InChI is InChI=1S/C15H23N3O2/c1-3-20-15(19)18-6-4-13(5-7-18)17-14-9-11(2)8-12(16)10-14/h8-10,13,17H,3-7,16H2,1-2H3. The molecule has 0 saturated carbocycles. The number of benzene rings is 1. The summed E-state index contributed by atoms with van der Waals surface area (Å²) in [5.41, 5.74) is 8.83. The summed E-state index contributed by atoms with van der Waals surface area (Å²) in [6, 6.07) is 6.37. The molecule has 5 nitrogen and oxygen atoms in total. The SMILES string of the molecule is CCOC(=O)N1CCC(Nc2cc(C)cc(N)c2)CC1. The topological polar surface area (TPSA) is 67.6 Å². The molecule has 1 aromatic carbocycles. The second kappa shape index (κ2) is 6.50. The largest absolute Gasteiger partial charge is 0.450 e. The highest BCUT2D eigenvalue weighted by Crippen LogP contribution is 2.20. The second-order valence-electron chi connectivity index (χ2n) is 5.24. The number of amides is 1. The number of anilines is 2. The molecular formula is C15H23N3O2. The van der Waals surface area contributed by atoms with Gasteiger partial charge >= 0.3 is 6.09 Å². The van der Waals surface area contributed by atoms with E-state index in [1.807, 2.05) is 26.0 Å². The molecule has 0 radical (unpaired) electrons. The molecule has 1 amide bonds. The first-order valence-corrected chi connectivity index (χ1v) is 7.14. The first kappa shape index (κ1) is 14.5. The molecule has 0 aliphatic carbocycles. The summed E-state index contributed by atoms with van der Waals surface area (Å²) in [7, 11) is 0. The quantitative estimate of drug-likeness (QED) is 0.833. The van der Waals surface area contributed by atoms with Crippen LogP contribution in [0.3, 0.4) is 0 Å². The van der Waals surface area contributed by atoms with E-state index in [0.29, 0.717) is 12.6 Å².